The molecule has 2 saturated heterocycles. The molecule has 0 saturated carbocycles. The number of piperidine rings is 1. The zero-order chi connectivity index (χ0) is 30.6. The zero-order valence-electron chi connectivity index (χ0n) is 23.9. The van der Waals surface area contributed by atoms with Crippen LogP contribution < -0.4 is 5.32 Å². The number of benzene rings is 1. The fraction of sp³-hybridized carbons (Fsp3) is 0.607. The number of carbonyl (C=O) groups is 2. The van der Waals surface area contributed by atoms with Crippen molar-refractivity contribution in [2.24, 2.45) is 5.41 Å². The molecule has 2 atom stereocenters. The Labute approximate surface area is 239 Å². The lowest BCUT2D eigenvalue weighted by atomic mass is 9.76. The van der Waals surface area contributed by atoms with Crippen molar-refractivity contribution in [3.63, 3.8) is 0 Å². The molecule has 1 aromatic carbocycles. The van der Waals surface area contributed by atoms with Gasteiger partial charge in [-0.1, -0.05) is 26.0 Å². The van der Waals surface area contributed by atoms with Gasteiger partial charge in [0.25, 0.3) is 5.91 Å². The van der Waals surface area contributed by atoms with Gasteiger partial charge < -0.3 is 25.0 Å². The molecule has 1 aromatic rings. The predicted molar refractivity (Wildman–Crippen MR) is 146 cm³/mol. The van der Waals surface area contributed by atoms with Crippen molar-refractivity contribution in [3.05, 3.63) is 47.0 Å². The van der Waals surface area contributed by atoms with Crippen molar-refractivity contribution in [2.45, 2.75) is 77.1 Å². The molecule has 2 aliphatic heterocycles. The van der Waals surface area contributed by atoms with Crippen LogP contribution in [0.2, 0.25) is 0 Å². The summed E-state index contributed by atoms with van der Waals surface area (Å²) in [6.45, 7) is 10.5. The fourth-order valence-corrected chi connectivity index (χ4v) is 5.23. The minimum Gasteiger partial charge on any atom is -0.444 e. The number of nitrogens with zero attached hydrogens (tertiary/aromatic N) is 3. The molecule has 0 bridgehead atoms. The topological polar surface area (TPSA) is 126 Å². The predicted octanol–water partition coefficient (Wildman–Crippen LogP) is 3.31. The molecule has 9 nitrogen and oxygen atoms in total. The summed E-state index contributed by atoms with van der Waals surface area (Å²) in [5, 5.41) is 31.6. The minimum absolute atomic E-state index is 0.0183. The van der Waals surface area contributed by atoms with E-state index in [1.54, 1.807) is 6.08 Å². The number of hydrogen-bond donors (Lipinski definition) is 3. The first-order chi connectivity index (χ1) is 19.0. The Morgan fingerprint density at radius 1 is 1.24 bits per heavy atom. The molecular formula is C28H38BF3N4O5. The monoisotopic (exact) mass is 578 g/mol. The van der Waals surface area contributed by atoms with Crippen molar-refractivity contribution in [1.82, 2.24) is 15.1 Å². The maximum Gasteiger partial charge on any atom is 0.475 e. The van der Waals surface area contributed by atoms with E-state index in [9.17, 15) is 38.1 Å². The van der Waals surface area contributed by atoms with Crippen molar-refractivity contribution in [3.8, 4) is 6.07 Å². The average molecular weight is 578 g/mol. The number of nitriles is 1. The van der Waals surface area contributed by atoms with E-state index in [2.05, 4.69) is 24.1 Å². The fourth-order valence-electron chi connectivity index (χ4n) is 5.23. The first-order valence-electron chi connectivity index (χ1n) is 13.7. The summed E-state index contributed by atoms with van der Waals surface area (Å²) in [7, 11) is -2.00. The van der Waals surface area contributed by atoms with Crippen LogP contribution in [0.5, 0.6) is 0 Å². The summed E-state index contributed by atoms with van der Waals surface area (Å²) in [5.74, 6) is -1.69. The van der Waals surface area contributed by atoms with Gasteiger partial charge >= 0.3 is 19.4 Å². The van der Waals surface area contributed by atoms with Crippen molar-refractivity contribution in [2.75, 3.05) is 26.2 Å². The number of halogens is 3. The second-order valence-electron chi connectivity index (χ2n) is 12.1. The molecule has 224 valence electrons. The van der Waals surface area contributed by atoms with Gasteiger partial charge in [-0.3, -0.25) is 9.69 Å². The molecule has 2 aliphatic rings. The Balaban J connectivity index is 1.59. The van der Waals surface area contributed by atoms with E-state index in [4.69, 9.17) is 4.74 Å². The molecule has 2 amide bonds. The van der Waals surface area contributed by atoms with Crippen LogP contribution in [0, 0.1) is 16.7 Å². The lowest BCUT2D eigenvalue weighted by Gasteiger charge is -2.35. The van der Waals surface area contributed by atoms with Gasteiger partial charge in [-0.25, -0.2) is 4.79 Å². The van der Waals surface area contributed by atoms with Crippen LogP contribution in [0.4, 0.5) is 18.0 Å². The molecule has 0 aliphatic carbocycles. The van der Waals surface area contributed by atoms with E-state index < -0.39 is 48.4 Å². The van der Waals surface area contributed by atoms with E-state index >= 15 is 0 Å². The second-order valence-corrected chi connectivity index (χ2v) is 12.1. The van der Waals surface area contributed by atoms with E-state index in [0.717, 1.165) is 31.6 Å². The largest absolute Gasteiger partial charge is 0.475 e. The van der Waals surface area contributed by atoms with Crippen molar-refractivity contribution >= 4 is 19.1 Å². The Kier molecular flexibility index (Phi) is 10.2. The van der Waals surface area contributed by atoms with Crippen LogP contribution in [0.15, 0.2) is 35.9 Å². The van der Waals surface area contributed by atoms with Crippen molar-refractivity contribution < 1.29 is 37.5 Å². The second kappa shape index (κ2) is 12.8. The quantitative estimate of drug-likeness (QED) is 0.246. The number of rotatable bonds is 8. The van der Waals surface area contributed by atoms with Crippen molar-refractivity contribution in [1.29, 1.82) is 5.26 Å². The summed E-state index contributed by atoms with van der Waals surface area (Å²) in [5.41, 5.74) is -0.827. The highest BCUT2D eigenvalue weighted by atomic mass is 19.4. The van der Waals surface area contributed by atoms with Crippen LogP contribution >= 0.6 is 0 Å². The standard InChI is InChI=1S/C28H38BF3N4O5/c1-26(2)11-13-36(18-26)27(3,4)15-20(16-33)24(37)35-12-5-6-22(17-35)41-25(38)34-23(29(39)40)14-19-7-9-21(10-8-19)28(30,31)32/h7-10,15,22-23,39-40H,5-6,11-14,17-18H2,1-4H3,(H,34,38). The molecule has 0 aromatic heterocycles. The van der Waals surface area contributed by atoms with Gasteiger partial charge in [0, 0.05) is 18.6 Å². The number of ether oxygens (including phenoxy) is 1. The molecule has 0 spiro atoms. The molecule has 3 rings (SSSR count). The van der Waals surface area contributed by atoms with Crippen LogP contribution in [0.25, 0.3) is 0 Å². The smallest absolute Gasteiger partial charge is 0.444 e. The summed E-state index contributed by atoms with van der Waals surface area (Å²) >= 11 is 0. The number of likely N-dealkylation sites (tertiary alicyclic amines) is 2. The van der Waals surface area contributed by atoms with Gasteiger partial charge in [0.05, 0.1) is 18.0 Å². The van der Waals surface area contributed by atoms with Crippen LogP contribution in [0.1, 0.15) is 58.1 Å². The van der Waals surface area contributed by atoms with E-state index in [-0.39, 0.29) is 24.0 Å². The van der Waals surface area contributed by atoms with Crippen LogP contribution in [0.3, 0.4) is 0 Å². The van der Waals surface area contributed by atoms with E-state index in [0.29, 0.717) is 24.9 Å². The Morgan fingerprint density at radius 2 is 1.90 bits per heavy atom. The molecular weight excluding hydrogens is 540 g/mol. The third kappa shape index (κ3) is 8.95. The highest BCUT2D eigenvalue weighted by Gasteiger charge is 2.38. The lowest BCUT2D eigenvalue weighted by molar-refractivity contribution is -0.137. The van der Waals surface area contributed by atoms with Gasteiger partial charge in [0.2, 0.25) is 0 Å². The average Bonchev–Trinajstić information content (AvgIpc) is 3.27. The Hall–Kier alpha value is -3.08. The summed E-state index contributed by atoms with van der Waals surface area (Å²) in [6.07, 6.45) is -2.59. The highest BCUT2D eigenvalue weighted by molar-refractivity contribution is 6.43. The van der Waals surface area contributed by atoms with Gasteiger partial charge in [0.15, 0.2) is 0 Å². The first-order valence-corrected chi connectivity index (χ1v) is 13.7. The van der Waals surface area contributed by atoms with Gasteiger partial charge in [-0.05, 0) is 75.3 Å². The number of amides is 2. The zero-order valence-corrected chi connectivity index (χ0v) is 23.9. The van der Waals surface area contributed by atoms with E-state index in [1.807, 2.05) is 19.9 Å². The number of alkyl carbamates (subject to hydrolysis) is 1. The summed E-state index contributed by atoms with van der Waals surface area (Å²) in [4.78, 5) is 29.6. The number of hydrogen-bond acceptors (Lipinski definition) is 7. The number of nitrogens with one attached hydrogen (secondary N) is 1. The maximum atomic E-state index is 13.3. The molecule has 3 N–H and O–H groups in total. The van der Waals surface area contributed by atoms with Gasteiger partial charge in [-0.15, -0.1) is 0 Å². The molecule has 2 unspecified atom stereocenters. The molecule has 41 heavy (non-hydrogen) atoms. The minimum atomic E-state index is -4.50. The molecule has 13 heteroatoms. The number of carbonyl (C=O) groups excluding carboxylic acids is 2. The lowest BCUT2D eigenvalue weighted by Crippen LogP contribution is -2.50. The molecule has 2 fully saturated rings. The SMILES string of the molecule is CC1(C)CCN(C(C)(C)C=C(C#N)C(=O)N2CCCC(OC(=O)NC(Cc3ccc(C(F)(F)F)cc3)B(O)O)C2)C1. The highest BCUT2D eigenvalue weighted by Crippen LogP contribution is 2.34. The molecule has 0 radical (unpaired) electrons. The maximum absolute atomic E-state index is 13.3. The molecule has 2 heterocycles. The first kappa shape index (κ1) is 32.4. The third-order valence-electron chi connectivity index (χ3n) is 7.68. The van der Waals surface area contributed by atoms with Crippen LogP contribution in [-0.4, -0.2) is 82.7 Å². The summed E-state index contributed by atoms with van der Waals surface area (Å²) in [6, 6.07) is 6.17. The Morgan fingerprint density at radius 3 is 2.44 bits per heavy atom. The number of alkyl halides is 3. The Bertz CT molecular complexity index is 1160. The third-order valence-corrected chi connectivity index (χ3v) is 7.68. The van der Waals surface area contributed by atoms with Gasteiger partial charge in [-0.2, -0.15) is 18.4 Å². The normalized spacial score (nSPS) is 20.7. The summed E-state index contributed by atoms with van der Waals surface area (Å²) < 4.78 is 43.9. The van der Waals surface area contributed by atoms with E-state index in [1.165, 1.54) is 17.0 Å². The van der Waals surface area contributed by atoms with Gasteiger partial charge in [0.1, 0.15) is 17.7 Å². The van der Waals surface area contributed by atoms with Crippen LogP contribution in [-0.2, 0) is 22.1 Å².